The standard InChI is InChI=1S/C21H27N5/c22-20-24-18-16-6-2-1-4-15(16)5-3-7-17(18)19(25-20)26-12-9-21(10-13-26)8-11-23-14-21/h1-2,4,6,23H,3,5,7-14H2,(H2,22,24,25). The number of hydrogen-bond acceptors (Lipinski definition) is 5. The zero-order valence-electron chi connectivity index (χ0n) is 15.3. The molecule has 3 heterocycles. The van der Waals surface area contributed by atoms with E-state index in [1.807, 2.05) is 0 Å². The summed E-state index contributed by atoms with van der Waals surface area (Å²) >= 11 is 0. The van der Waals surface area contributed by atoms with Crippen LogP contribution in [0.1, 0.15) is 36.8 Å². The number of nitrogens with two attached hydrogens (primary N) is 1. The molecule has 1 aliphatic carbocycles. The van der Waals surface area contributed by atoms with Crippen LogP contribution >= 0.6 is 0 Å². The van der Waals surface area contributed by atoms with Crippen LogP contribution in [0.3, 0.4) is 0 Å². The number of rotatable bonds is 1. The SMILES string of the molecule is Nc1nc2c(c(N3CCC4(CCNC4)CC3)n1)CCCc1ccccc1-2. The first kappa shape index (κ1) is 16.1. The average molecular weight is 349 g/mol. The van der Waals surface area contributed by atoms with Crippen molar-refractivity contribution in [3.8, 4) is 11.3 Å². The fourth-order valence-corrected chi connectivity index (χ4v) is 5.04. The molecule has 0 saturated carbocycles. The van der Waals surface area contributed by atoms with Gasteiger partial charge in [-0.25, -0.2) is 4.98 Å². The molecule has 2 fully saturated rings. The Morgan fingerprint density at radius 2 is 1.88 bits per heavy atom. The van der Waals surface area contributed by atoms with Crippen molar-refractivity contribution in [3.63, 3.8) is 0 Å². The molecule has 0 atom stereocenters. The fourth-order valence-electron chi connectivity index (χ4n) is 5.04. The molecule has 5 rings (SSSR count). The molecule has 0 unspecified atom stereocenters. The minimum atomic E-state index is 0.401. The predicted octanol–water partition coefficient (Wildman–Crippen LogP) is 2.79. The van der Waals surface area contributed by atoms with Gasteiger partial charge in [0.05, 0.1) is 5.69 Å². The van der Waals surface area contributed by atoms with Crippen molar-refractivity contribution in [2.45, 2.75) is 38.5 Å². The van der Waals surface area contributed by atoms with E-state index in [4.69, 9.17) is 10.7 Å². The van der Waals surface area contributed by atoms with Crippen molar-refractivity contribution in [2.24, 2.45) is 5.41 Å². The van der Waals surface area contributed by atoms with Gasteiger partial charge in [0.1, 0.15) is 5.82 Å². The summed E-state index contributed by atoms with van der Waals surface area (Å²) in [6, 6.07) is 8.63. The summed E-state index contributed by atoms with van der Waals surface area (Å²) in [4.78, 5) is 11.9. The number of aromatic nitrogens is 2. The molecular weight excluding hydrogens is 322 g/mol. The maximum absolute atomic E-state index is 6.15. The number of fused-ring (bicyclic) bond motifs is 3. The van der Waals surface area contributed by atoms with Crippen molar-refractivity contribution in [2.75, 3.05) is 36.8 Å². The fraction of sp³-hybridized carbons (Fsp3) is 0.524. The average Bonchev–Trinajstić information content (AvgIpc) is 3.03. The first-order chi connectivity index (χ1) is 12.7. The van der Waals surface area contributed by atoms with E-state index in [0.29, 0.717) is 11.4 Å². The summed E-state index contributed by atoms with van der Waals surface area (Å²) in [7, 11) is 0. The number of anilines is 2. The van der Waals surface area contributed by atoms with Crippen LogP contribution < -0.4 is 16.0 Å². The largest absolute Gasteiger partial charge is 0.368 e. The lowest BCUT2D eigenvalue weighted by Gasteiger charge is -2.40. The minimum Gasteiger partial charge on any atom is -0.368 e. The van der Waals surface area contributed by atoms with Crippen LogP contribution in [0.5, 0.6) is 0 Å². The van der Waals surface area contributed by atoms with E-state index in [0.717, 1.165) is 43.9 Å². The molecule has 5 heteroatoms. The molecule has 2 aliphatic heterocycles. The first-order valence-corrected chi connectivity index (χ1v) is 9.94. The van der Waals surface area contributed by atoms with E-state index in [9.17, 15) is 0 Å². The lowest BCUT2D eigenvalue weighted by atomic mass is 9.78. The number of nitrogens with zero attached hydrogens (tertiary/aromatic N) is 3. The van der Waals surface area contributed by atoms with Gasteiger partial charge < -0.3 is 16.0 Å². The number of benzene rings is 1. The second kappa shape index (κ2) is 6.23. The highest BCUT2D eigenvalue weighted by Crippen LogP contribution is 2.41. The van der Waals surface area contributed by atoms with Crippen molar-refractivity contribution < 1.29 is 0 Å². The van der Waals surface area contributed by atoms with E-state index in [1.54, 1.807) is 0 Å². The highest BCUT2D eigenvalue weighted by molar-refractivity contribution is 5.74. The molecule has 0 radical (unpaired) electrons. The summed E-state index contributed by atoms with van der Waals surface area (Å²) in [5, 5.41) is 3.55. The molecule has 2 aromatic rings. The molecule has 136 valence electrons. The monoisotopic (exact) mass is 349 g/mol. The number of hydrogen-bond donors (Lipinski definition) is 2. The number of aryl methyl sites for hydroxylation is 1. The van der Waals surface area contributed by atoms with Gasteiger partial charge in [-0.1, -0.05) is 24.3 Å². The smallest absolute Gasteiger partial charge is 0.222 e. The summed E-state index contributed by atoms with van der Waals surface area (Å²) in [6.07, 6.45) is 7.08. The van der Waals surface area contributed by atoms with Gasteiger partial charge in [-0.2, -0.15) is 4.98 Å². The quantitative estimate of drug-likeness (QED) is 0.829. The molecular formula is C21H27N5. The van der Waals surface area contributed by atoms with Crippen LogP contribution in [0, 0.1) is 5.41 Å². The van der Waals surface area contributed by atoms with Crippen molar-refractivity contribution in [3.05, 3.63) is 35.4 Å². The molecule has 0 bridgehead atoms. The van der Waals surface area contributed by atoms with Gasteiger partial charge in [0, 0.05) is 30.8 Å². The Labute approximate surface area is 155 Å². The molecule has 1 aromatic heterocycles. The van der Waals surface area contributed by atoms with Gasteiger partial charge in [-0.3, -0.25) is 0 Å². The first-order valence-electron chi connectivity index (χ1n) is 9.94. The molecule has 1 spiro atoms. The normalized spacial score (nSPS) is 21.3. The Morgan fingerprint density at radius 1 is 1.04 bits per heavy atom. The zero-order valence-corrected chi connectivity index (χ0v) is 15.3. The van der Waals surface area contributed by atoms with Crippen LogP contribution in [0.4, 0.5) is 11.8 Å². The molecule has 26 heavy (non-hydrogen) atoms. The highest BCUT2D eigenvalue weighted by Gasteiger charge is 2.38. The maximum Gasteiger partial charge on any atom is 0.222 e. The molecule has 0 amide bonds. The van der Waals surface area contributed by atoms with Crippen molar-refractivity contribution in [1.82, 2.24) is 15.3 Å². The summed E-state index contributed by atoms with van der Waals surface area (Å²) in [5.74, 6) is 1.49. The second-order valence-corrected chi connectivity index (χ2v) is 8.16. The van der Waals surface area contributed by atoms with Gasteiger partial charge in [0.15, 0.2) is 0 Å². The van der Waals surface area contributed by atoms with E-state index < -0.39 is 0 Å². The summed E-state index contributed by atoms with van der Waals surface area (Å²) < 4.78 is 0. The Balaban J connectivity index is 1.52. The lowest BCUT2D eigenvalue weighted by Crippen LogP contribution is -2.42. The Bertz CT molecular complexity index is 815. The molecule has 2 saturated heterocycles. The third-order valence-corrected chi connectivity index (χ3v) is 6.60. The third kappa shape index (κ3) is 2.65. The van der Waals surface area contributed by atoms with E-state index in [-0.39, 0.29) is 0 Å². The van der Waals surface area contributed by atoms with Crippen LogP contribution in [-0.4, -0.2) is 36.1 Å². The molecule has 3 aliphatic rings. The molecule has 3 N–H and O–H groups in total. The van der Waals surface area contributed by atoms with Crippen LogP contribution in [0.2, 0.25) is 0 Å². The van der Waals surface area contributed by atoms with Gasteiger partial charge in [0.2, 0.25) is 5.95 Å². The van der Waals surface area contributed by atoms with Gasteiger partial charge >= 0.3 is 0 Å². The van der Waals surface area contributed by atoms with Crippen LogP contribution in [0.25, 0.3) is 11.3 Å². The van der Waals surface area contributed by atoms with Crippen molar-refractivity contribution >= 4 is 11.8 Å². The number of nitrogens with one attached hydrogen (secondary N) is 1. The summed E-state index contributed by atoms with van der Waals surface area (Å²) in [5.41, 5.74) is 11.6. The van der Waals surface area contributed by atoms with Gasteiger partial charge in [-0.05, 0) is 56.0 Å². The van der Waals surface area contributed by atoms with E-state index in [2.05, 4.69) is 39.5 Å². The Kier molecular flexibility index (Phi) is 3.85. The lowest BCUT2D eigenvalue weighted by molar-refractivity contribution is 0.247. The Hall–Kier alpha value is -2.14. The molecule has 1 aromatic carbocycles. The zero-order chi connectivity index (χ0) is 17.6. The van der Waals surface area contributed by atoms with E-state index >= 15 is 0 Å². The van der Waals surface area contributed by atoms with Crippen LogP contribution in [0.15, 0.2) is 24.3 Å². The van der Waals surface area contributed by atoms with Crippen LogP contribution in [-0.2, 0) is 12.8 Å². The predicted molar refractivity (Wildman–Crippen MR) is 105 cm³/mol. The van der Waals surface area contributed by atoms with Gasteiger partial charge in [0.25, 0.3) is 0 Å². The number of nitrogen functional groups attached to an aromatic ring is 1. The second-order valence-electron chi connectivity index (χ2n) is 8.16. The van der Waals surface area contributed by atoms with Gasteiger partial charge in [-0.15, -0.1) is 0 Å². The number of piperidine rings is 1. The van der Waals surface area contributed by atoms with Crippen molar-refractivity contribution in [1.29, 1.82) is 0 Å². The topological polar surface area (TPSA) is 67.1 Å². The highest BCUT2D eigenvalue weighted by atomic mass is 15.2. The van der Waals surface area contributed by atoms with E-state index in [1.165, 1.54) is 49.0 Å². The summed E-state index contributed by atoms with van der Waals surface area (Å²) in [6.45, 7) is 4.50. The minimum absolute atomic E-state index is 0.401. The Morgan fingerprint density at radius 3 is 2.69 bits per heavy atom. The maximum atomic E-state index is 6.15. The molecule has 5 nitrogen and oxygen atoms in total. The third-order valence-electron chi connectivity index (χ3n) is 6.60.